The van der Waals surface area contributed by atoms with Crippen molar-refractivity contribution in [3.63, 3.8) is 0 Å². The van der Waals surface area contributed by atoms with E-state index in [1.165, 1.54) is 5.56 Å². The van der Waals surface area contributed by atoms with Crippen LogP contribution in [0, 0.1) is 5.41 Å². The van der Waals surface area contributed by atoms with Crippen LogP contribution in [-0.2, 0) is 0 Å². The number of nitrogens with two attached hydrogens (primary N) is 1. The van der Waals surface area contributed by atoms with Gasteiger partial charge in [0.05, 0.1) is 0 Å². The molecule has 1 rings (SSSR count). The van der Waals surface area contributed by atoms with Crippen LogP contribution in [-0.4, -0.2) is 36.5 Å². The fraction of sp³-hybridized carbons (Fsp3) is 0.625. The van der Waals surface area contributed by atoms with Gasteiger partial charge in [0.1, 0.15) is 0 Å². The molecule has 0 aliphatic heterocycles. The summed E-state index contributed by atoms with van der Waals surface area (Å²) < 4.78 is 0. The van der Waals surface area contributed by atoms with Crippen LogP contribution in [0.5, 0.6) is 0 Å². The van der Waals surface area contributed by atoms with Crippen LogP contribution in [0.2, 0.25) is 0 Å². The zero-order valence-electron chi connectivity index (χ0n) is 12.9. The van der Waals surface area contributed by atoms with Crippen molar-refractivity contribution in [1.82, 2.24) is 4.90 Å². The Kier molecular flexibility index (Phi) is 6.37. The highest BCUT2D eigenvalue weighted by Gasteiger charge is 2.30. The summed E-state index contributed by atoms with van der Waals surface area (Å²) in [5.41, 5.74) is 7.74. The largest absolute Gasteiger partial charge is 0.323 e. The van der Waals surface area contributed by atoms with Crippen LogP contribution in [0.25, 0.3) is 0 Å². The second-order valence-corrected chi connectivity index (χ2v) is 7.01. The van der Waals surface area contributed by atoms with Crippen molar-refractivity contribution in [2.45, 2.75) is 32.9 Å². The van der Waals surface area contributed by atoms with Crippen LogP contribution >= 0.6 is 11.8 Å². The third-order valence-corrected chi connectivity index (χ3v) is 4.63. The first-order valence-corrected chi connectivity index (χ1v) is 8.27. The highest BCUT2D eigenvalue weighted by atomic mass is 32.2. The quantitative estimate of drug-likeness (QED) is 0.830. The Morgan fingerprint density at radius 2 is 1.84 bits per heavy atom. The lowest BCUT2D eigenvalue weighted by Crippen LogP contribution is -2.43. The minimum absolute atomic E-state index is 0.0583. The maximum Gasteiger partial charge on any atom is 0.0359 e. The Bertz CT molecular complexity index is 364. The molecule has 108 valence electrons. The van der Waals surface area contributed by atoms with Crippen molar-refractivity contribution < 1.29 is 0 Å². The molecular weight excluding hydrogens is 252 g/mol. The lowest BCUT2D eigenvalue weighted by molar-refractivity contribution is 0.153. The van der Waals surface area contributed by atoms with Crippen molar-refractivity contribution in [2.75, 3.05) is 25.6 Å². The van der Waals surface area contributed by atoms with Gasteiger partial charge < -0.3 is 10.6 Å². The van der Waals surface area contributed by atoms with Crippen LogP contribution in [0.1, 0.15) is 32.4 Å². The van der Waals surface area contributed by atoms with Crippen molar-refractivity contribution in [3.05, 3.63) is 35.9 Å². The molecule has 0 fully saturated rings. The molecule has 0 spiro atoms. The topological polar surface area (TPSA) is 29.3 Å². The Hall–Kier alpha value is -0.510. The minimum Gasteiger partial charge on any atom is -0.323 e. The first-order chi connectivity index (χ1) is 8.88. The smallest absolute Gasteiger partial charge is 0.0359 e. The Labute approximate surface area is 122 Å². The lowest BCUT2D eigenvalue weighted by atomic mass is 9.80. The van der Waals surface area contributed by atoms with E-state index in [2.05, 4.69) is 63.2 Å². The van der Waals surface area contributed by atoms with Gasteiger partial charge in [-0.3, -0.25) is 0 Å². The SMILES string of the molecule is CSCC(C)N(C)CC(C)(C)C(N)c1ccccc1. The molecule has 0 amide bonds. The number of thioether (sulfide) groups is 1. The summed E-state index contributed by atoms with van der Waals surface area (Å²) in [7, 11) is 2.19. The van der Waals surface area contributed by atoms with Crippen LogP contribution < -0.4 is 5.73 Å². The van der Waals surface area contributed by atoms with Gasteiger partial charge in [0.2, 0.25) is 0 Å². The summed E-state index contributed by atoms with van der Waals surface area (Å²) in [5.74, 6) is 1.16. The maximum absolute atomic E-state index is 6.46. The lowest BCUT2D eigenvalue weighted by Gasteiger charge is -2.38. The molecule has 0 aromatic heterocycles. The van der Waals surface area contributed by atoms with Crippen LogP contribution in [0.15, 0.2) is 30.3 Å². The molecule has 2 atom stereocenters. The van der Waals surface area contributed by atoms with Crippen molar-refractivity contribution in [1.29, 1.82) is 0 Å². The molecule has 0 aliphatic carbocycles. The van der Waals surface area contributed by atoms with Gasteiger partial charge in [-0.2, -0.15) is 11.8 Å². The van der Waals surface area contributed by atoms with Gasteiger partial charge in [-0.05, 0) is 31.2 Å². The fourth-order valence-corrected chi connectivity index (χ4v) is 3.11. The first-order valence-electron chi connectivity index (χ1n) is 6.88. The molecule has 1 aromatic carbocycles. The summed E-state index contributed by atoms with van der Waals surface area (Å²) in [6, 6.07) is 11.1. The van der Waals surface area contributed by atoms with E-state index in [1.807, 2.05) is 17.8 Å². The van der Waals surface area contributed by atoms with Crippen LogP contribution in [0.4, 0.5) is 0 Å². The maximum atomic E-state index is 6.46. The van der Waals surface area contributed by atoms with Gasteiger partial charge in [-0.1, -0.05) is 44.2 Å². The molecule has 2 nitrogen and oxygen atoms in total. The van der Waals surface area contributed by atoms with E-state index in [0.717, 1.165) is 12.3 Å². The van der Waals surface area contributed by atoms with Crippen molar-refractivity contribution in [2.24, 2.45) is 11.1 Å². The molecule has 2 N–H and O–H groups in total. The standard InChI is InChI=1S/C16H28N2S/c1-13(11-19-5)18(4)12-16(2,3)15(17)14-9-7-6-8-10-14/h6-10,13,15H,11-12,17H2,1-5H3. The molecule has 0 heterocycles. The number of benzene rings is 1. The van der Waals surface area contributed by atoms with E-state index in [4.69, 9.17) is 5.73 Å². The average Bonchev–Trinajstić information content (AvgIpc) is 2.38. The van der Waals surface area contributed by atoms with Gasteiger partial charge in [0.25, 0.3) is 0 Å². The predicted molar refractivity (Wildman–Crippen MR) is 87.6 cm³/mol. The van der Waals surface area contributed by atoms with Gasteiger partial charge >= 0.3 is 0 Å². The highest BCUT2D eigenvalue weighted by molar-refractivity contribution is 7.98. The summed E-state index contributed by atoms with van der Waals surface area (Å²) in [6.07, 6.45) is 2.16. The zero-order valence-corrected chi connectivity index (χ0v) is 13.7. The molecule has 0 radical (unpaired) electrons. The second kappa shape index (κ2) is 7.32. The molecule has 0 aliphatic rings. The van der Waals surface area contributed by atoms with Gasteiger partial charge in [0, 0.05) is 24.4 Å². The molecule has 3 heteroatoms. The third kappa shape index (κ3) is 4.83. The first kappa shape index (κ1) is 16.5. The Morgan fingerprint density at radius 3 is 2.37 bits per heavy atom. The Morgan fingerprint density at radius 1 is 1.26 bits per heavy atom. The van der Waals surface area contributed by atoms with Crippen molar-refractivity contribution >= 4 is 11.8 Å². The number of hydrogen-bond acceptors (Lipinski definition) is 3. The fourth-order valence-electron chi connectivity index (χ4n) is 2.38. The van der Waals surface area contributed by atoms with E-state index in [-0.39, 0.29) is 11.5 Å². The number of hydrogen-bond donors (Lipinski definition) is 1. The molecule has 0 saturated heterocycles. The van der Waals surface area contributed by atoms with E-state index < -0.39 is 0 Å². The van der Waals surface area contributed by atoms with Gasteiger partial charge in [-0.25, -0.2) is 0 Å². The summed E-state index contributed by atoms with van der Waals surface area (Å²) in [6.45, 7) is 7.80. The second-order valence-electron chi connectivity index (χ2n) is 6.10. The summed E-state index contributed by atoms with van der Waals surface area (Å²) >= 11 is 1.90. The van der Waals surface area contributed by atoms with Gasteiger partial charge in [-0.15, -0.1) is 0 Å². The van der Waals surface area contributed by atoms with E-state index in [0.29, 0.717) is 6.04 Å². The number of rotatable bonds is 7. The highest BCUT2D eigenvalue weighted by Crippen LogP contribution is 2.32. The van der Waals surface area contributed by atoms with E-state index >= 15 is 0 Å². The Balaban J connectivity index is 2.69. The monoisotopic (exact) mass is 280 g/mol. The van der Waals surface area contributed by atoms with E-state index in [9.17, 15) is 0 Å². The number of nitrogens with zero attached hydrogens (tertiary/aromatic N) is 1. The predicted octanol–water partition coefficient (Wildman–Crippen LogP) is 3.40. The summed E-state index contributed by atoms with van der Waals surface area (Å²) in [4.78, 5) is 2.42. The van der Waals surface area contributed by atoms with E-state index in [1.54, 1.807) is 0 Å². The average molecular weight is 280 g/mol. The summed E-state index contributed by atoms with van der Waals surface area (Å²) in [5, 5.41) is 0. The molecule has 0 saturated carbocycles. The molecule has 2 unspecified atom stereocenters. The van der Waals surface area contributed by atoms with Crippen LogP contribution in [0.3, 0.4) is 0 Å². The van der Waals surface area contributed by atoms with Crippen molar-refractivity contribution in [3.8, 4) is 0 Å². The third-order valence-electron chi connectivity index (χ3n) is 3.82. The zero-order chi connectivity index (χ0) is 14.5. The minimum atomic E-state index is 0.0583. The van der Waals surface area contributed by atoms with Gasteiger partial charge in [0.15, 0.2) is 0 Å². The molecular formula is C16H28N2S. The normalized spacial score (nSPS) is 15.5. The molecule has 19 heavy (non-hydrogen) atoms. The molecule has 0 bridgehead atoms. The molecule has 1 aromatic rings.